The molecule has 96 valence electrons. The van der Waals surface area contributed by atoms with E-state index in [0.717, 1.165) is 29.1 Å². The van der Waals surface area contributed by atoms with E-state index in [1.165, 1.54) is 5.56 Å². The molecule has 0 unspecified atom stereocenters. The van der Waals surface area contributed by atoms with E-state index in [0.29, 0.717) is 0 Å². The highest BCUT2D eigenvalue weighted by atomic mass is 16.5. The summed E-state index contributed by atoms with van der Waals surface area (Å²) in [6.07, 6.45) is 4.87. The highest BCUT2D eigenvalue weighted by Gasteiger charge is 2.08. The molecule has 3 rings (SSSR count). The quantitative estimate of drug-likeness (QED) is 0.712. The van der Waals surface area contributed by atoms with Gasteiger partial charge in [0, 0.05) is 11.8 Å². The molecule has 3 nitrogen and oxygen atoms in total. The Hall–Kier alpha value is -2.29. The van der Waals surface area contributed by atoms with Crippen LogP contribution in [0.3, 0.4) is 0 Å². The van der Waals surface area contributed by atoms with E-state index in [9.17, 15) is 0 Å². The molecule has 0 aliphatic rings. The second-order valence-corrected chi connectivity index (χ2v) is 4.46. The Labute approximate surface area is 112 Å². The van der Waals surface area contributed by atoms with Crippen molar-refractivity contribution < 1.29 is 4.74 Å². The Morgan fingerprint density at radius 2 is 2.11 bits per heavy atom. The summed E-state index contributed by atoms with van der Waals surface area (Å²) in [5, 5.41) is 0. The lowest BCUT2D eigenvalue weighted by molar-refractivity contribution is 0.410. The Balaban J connectivity index is 2.16. The van der Waals surface area contributed by atoms with Crippen LogP contribution >= 0.6 is 0 Å². The van der Waals surface area contributed by atoms with Crippen LogP contribution in [0.5, 0.6) is 5.75 Å². The third-order valence-corrected chi connectivity index (χ3v) is 3.36. The molecule has 3 aromatic rings. The lowest BCUT2D eigenvalue weighted by Gasteiger charge is -2.09. The second kappa shape index (κ2) is 4.76. The van der Waals surface area contributed by atoms with Gasteiger partial charge >= 0.3 is 0 Å². The molecular formula is C16H16N2O. The van der Waals surface area contributed by atoms with Gasteiger partial charge in [0.1, 0.15) is 11.6 Å². The normalized spacial score (nSPS) is 10.8. The van der Waals surface area contributed by atoms with Crippen molar-refractivity contribution in [2.75, 3.05) is 7.11 Å². The molecule has 0 radical (unpaired) electrons. The van der Waals surface area contributed by atoms with Gasteiger partial charge in [0.05, 0.1) is 18.8 Å². The first-order valence-electron chi connectivity index (χ1n) is 6.43. The number of nitrogens with zero attached hydrogens (tertiary/aromatic N) is 2. The summed E-state index contributed by atoms with van der Waals surface area (Å²) in [6.45, 7) is 2.13. The molecule has 1 aromatic carbocycles. The van der Waals surface area contributed by atoms with Gasteiger partial charge in [-0.2, -0.15) is 0 Å². The van der Waals surface area contributed by atoms with Gasteiger partial charge < -0.3 is 4.74 Å². The second-order valence-electron chi connectivity index (χ2n) is 4.46. The zero-order valence-electron chi connectivity index (χ0n) is 11.1. The van der Waals surface area contributed by atoms with Gasteiger partial charge in [-0.3, -0.25) is 4.40 Å². The molecule has 0 N–H and O–H groups in total. The molecule has 0 saturated heterocycles. The minimum atomic E-state index is 0.937. The Bertz CT molecular complexity index is 716. The standard InChI is InChI=1S/C16H16N2O/c1-3-12-10-13(7-8-15(12)19-2)16-17-11-14-6-4-5-9-18(14)16/h4-11H,3H2,1-2H3. The van der Waals surface area contributed by atoms with Gasteiger partial charge in [-0.15, -0.1) is 0 Å². The van der Waals surface area contributed by atoms with Gasteiger partial charge in [-0.1, -0.05) is 13.0 Å². The summed E-state index contributed by atoms with van der Waals surface area (Å²) in [4.78, 5) is 4.52. The number of aromatic nitrogens is 2. The third kappa shape index (κ3) is 1.97. The fourth-order valence-corrected chi connectivity index (χ4v) is 2.35. The number of aryl methyl sites for hydroxylation is 1. The molecule has 19 heavy (non-hydrogen) atoms. The highest BCUT2D eigenvalue weighted by Crippen LogP contribution is 2.26. The molecule has 0 spiro atoms. The number of pyridine rings is 1. The van der Waals surface area contributed by atoms with Crippen molar-refractivity contribution in [2.24, 2.45) is 0 Å². The predicted octanol–water partition coefficient (Wildman–Crippen LogP) is 3.57. The number of fused-ring (bicyclic) bond motifs is 1. The maximum absolute atomic E-state index is 5.37. The summed E-state index contributed by atoms with van der Waals surface area (Å²) >= 11 is 0. The lowest BCUT2D eigenvalue weighted by atomic mass is 10.1. The number of methoxy groups -OCH3 is 1. The van der Waals surface area contributed by atoms with E-state index in [2.05, 4.69) is 34.5 Å². The van der Waals surface area contributed by atoms with Crippen molar-refractivity contribution in [3.63, 3.8) is 0 Å². The third-order valence-electron chi connectivity index (χ3n) is 3.36. The number of ether oxygens (including phenoxy) is 1. The molecule has 0 aliphatic carbocycles. The molecule has 2 heterocycles. The largest absolute Gasteiger partial charge is 0.496 e. The first-order chi connectivity index (χ1) is 9.33. The molecule has 3 heteroatoms. The molecule has 0 fully saturated rings. The first kappa shape index (κ1) is 11.8. The molecule has 0 saturated carbocycles. The number of hydrogen-bond donors (Lipinski definition) is 0. The van der Waals surface area contributed by atoms with E-state index in [1.54, 1.807) is 7.11 Å². The summed E-state index contributed by atoms with van der Waals surface area (Å²) in [6, 6.07) is 12.3. The topological polar surface area (TPSA) is 26.5 Å². The van der Waals surface area contributed by atoms with E-state index >= 15 is 0 Å². The minimum absolute atomic E-state index is 0.937. The van der Waals surface area contributed by atoms with Crippen molar-refractivity contribution in [1.29, 1.82) is 0 Å². The van der Waals surface area contributed by atoms with Crippen LogP contribution in [0.2, 0.25) is 0 Å². The van der Waals surface area contributed by atoms with Crippen LogP contribution in [0.15, 0.2) is 48.8 Å². The fraction of sp³-hybridized carbons (Fsp3) is 0.188. The summed E-state index contributed by atoms with van der Waals surface area (Å²) < 4.78 is 7.47. The van der Waals surface area contributed by atoms with Gasteiger partial charge in [0.25, 0.3) is 0 Å². The minimum Gasteiger partial charge on any atom is -0.496 e. The summed E-state index contributed by atoms with van der Waals surface area (Å²) in [5.74, 6) is 1.90. The van der Waals surface area contributed by atoms with Gasteiger partial charge in [-0.25, -0.2) is 4.98 Å². The molecular weight excluding hydrogens is 236 g/mol. The maximum atomic E-state index is 5.37. The fourth-order valence-electron chi connectivity index (χ4n) is 2.35. The Morgan fingerprint density at radius 1 is 1.21 bits per heavy atom. The number of imidazole rings is 1. The average molecular weight is 252 g/mol. The Kier molecular flexibility index (Phi) is 2.95. The predicted molar refractivity (Wildman–Crippen MR) is 76.6 cm³/mol. The van der Waals surface area contributed by atoms with Crippen molar-refractivity contribution in [2.45, 2.75) is 13.3 Å². The SMILES string of the molecule is CCc1cc(-c2ncc3ccccn23)ccc1OC. The number of rotatable bonds is 3. The van der Waals surface area contributed by atoms with Crippen LogP contribution in [0, 0.1) is 0 Å². The molecule has 0 amide bonds. The first-order valence-corrected chi connectivity index (χ1v) is 6.43. The van der Waals surface area contributed by atoms with E-state index in [-0.39, 0.29) is 0 Å². The van der Waals surface area contributed by atoms with E-state index in [1.807, 2.05) is 30.6 Å². The highest BCUT2D eigenvalue weighted by molar-refractivity contribution is 5.64. The van der Waals surface area contributed by atoms with Crippen molar-refractivity contribution in [3.8, 4) is 17.1 Å². The summed E-state index contributed by atoms with van der Waals surface area (Å²) in [7, 11) is 1.71. The average Bonchev–Trinajstić information content (AvgIpc) is 2.90. The smallest absolute Gasteiger partial charge is 0.144 e. The monoisotopic (exact) mass is 252 g/mol. The van der Waals surface area contributed by atoms with Crippen LogP contribution in [0.4, 0.5) is 0 Å². The van der Waals surface area contributed by atoms with E-state index in [4.69, 9.17) is 4.74 Å². The molecule has 0 bridgehead atoms. The zero-order valence-corrected chi connectivity index (χ0v) is 11.1. The van der Waals surface area contributed by atoms with Crippen LogP contribution < -0.4 is 4.74 Å². The van der Waals surface area contributed by atoms with Crippen molar-refractivity contribution in [1.82, 2.24) is 9.38 Å². The van der Waals surface area contributed by atoms with Crippen LogP contribution in [-0.4, -0.2) is 16.5 Å². The molecule has 0 atom stereocenters. The van der Waals surface area contributed by atoms with Crippen LogP contribution in [-0.2, 0) is 6.42 Å². The number of benzene rings is 1. The Morgan fingerprint density at radius 3 is 2.89 bits per heavy atom. The van der Waals surface area contributed by atoms with Gasteiger partial charge in [0.15, 0.2) is 0 Å². The maximum Gasteiger partial charge on any atom is 0.144 e. The van der Waals surface area contributed by atoms with Crippen LogP contribution in [0.1, 0.15) is 12.5 Å². The summed E-state index contributed by atoms with van der Waals surface area (Å²) in [5.41, 5.74) is 3.42. The van der Waals surface area contributed by atoms with Crippen LogP contribution in [0.25, 0.3) is 16.9 Å². The van der Waals surface area contributed by atoms with Crippen molar-refractivity contribution in [3.05, 3.63) is 54.4 Å². The molecule has 0 aliphatic heterocycles. The molecule has 2 aromatic heterocycles. The van der Waals surface area contributed by atoms with Gasteiger partial charge in [0.2, 0.25) is 0 Å². The number of hydrogen-bond acceptors (Lipinski definition) is 2. The lowest BCUT2D eigenvalue weighted by Crippen LogP contribution is -1.93. The van der Waals surface area contributed by atoms with E-state index < -0.39 is 0 Å². The van der Waals surface area contributed by atoms with Gasteiger partial charge in [-0.05, 0) is 42.3 Å². The zero-order chi connectivity index (χ0) is 13.2. The van der Waals surface area contributed by atoms with Crippen molar-refractivity contribution >= 4 is 5.52 Å².